The molecule has 0 aromatic carbocycles. The number of nitrogens with zero attached hydrogens (tertiary/aromatic N) is 3. The minimum Gasteiger partial charge on any atom is -0.389 e. The molecule has 0 spiro atoms. The number of pyridine rings is 1. The summed E-state index contributed by atoms with van der Waals surface area (Å²) in [6.07, 6.45) is 2.94. The number of likely N-dealkylation sites (N-methyl/N-ethyl adjacent to an activating group) is 1. The molecule has 0 amide bonds. The predicted molar refractivity (Wildman–Crippen MR) is 79.0 cm³/mol. The summed E-state index contributed by atoms with van der Waals surface area (Å²) in [5.41, 5.74) is 6.56. The highest BCUT2D eigenvalue weighted by Crippen LogP contribution is 2.18. The Morgan fingerprint density at radius 2 is 2.33 bits per heavy atom. The van der Waals surface area contributed by atoms with Gasteiger partial charge in [0.15, 0.2) is 0 Å². The zero-order chi connectivity index (χ0) is 13.1. The van der Waals surface area contributed by atoms with E-state index in [-0.39, 0.29) is 0 Å². The molecular formula is C13H20N4S. The number of rotatable bonds is 3. The first-order chi connectivity index (χ1) is 8.61. The standard InChI is InChI=1S/C13H20N4S/c1-3-11-9-17(7-6-16(11)2)12-8-10(13(14)18)4-5-15-12/h4-5,8,11H,3,6-7,9H2,1-2H3,(H2,14,18). The van der Waals surface area contributed by atoms with Gasteiger partial charge in [-0.05, 0) is 25.6 Å². The first kappa shape index (κ1) is 13.2. The molecule has 1 fully saturated rings. The van der Waals surface area contributed by atoms with Crippen LogP contribution in [0.4, 0.5) is 5.82 Å². The lowest BCUT2D eigenvalue weighted by molar-refractivity contribution is 0.213. The lowest BCUT2D eigenvalue weighted by Crippen LogP contribution is -2.51. The Morgan fingerprint density at radius 1 is 1.56 bits per heavy atom. The molecule has 18 heavy (non-hydrogen) atoms. The molecule has 5 heteroatoms. The van der Waals surface area contributed by atoms with Gasteiger partial charge in [0, 0.05) is 37.4 Å². The van der Waals surface area contributed by atoms with Crippen LogP contribution in [-0.4, -0.2) is 47.6 Å². The summed E-state index contributed by atoms with van der Waals surface area (Å²) in [6.45, 7) is 5.31. The second-order valence-electron chi connectivity index (χ2n) is 4.76. The fourth-order valence-corrected chi connectivity index (χ4v) is 2.47. The number of hydrogen-bond donors (Lipinski definition) is 1. The van der Waals surface area contributed by atoms with Crippen LogP contribution >= 0.6 is 12.2 Å². The lowest BCUT2D eigenvalue weighted by Gasteiger charge is -2.39. The van der Waals surface area contributed by atoms with Crippen molar-refractivity contribution in [3.05, 3.63) is 23.9 Å². The summed E-state index contributed by atoms with van der Waals surface area (Å²) in [5, 5.41) is 0. The van der Waals surface area contributed by atoms with Crippen molar-refractivity contribution in [2.75, 3.05) is 31.6 Å². The van der Waals surface area contributed by atoms with Crippen molar-refractivity contribution in [3.8, 4) is 0 Å². The third-order valence-corrected chi connectivity index (χ3v) is 3.84. The molecule has 2 heterocycles. The Kier molecular flexibility index (Phi) is 4.14. The summed E-state index contributed by atoms with van der Waals surface area (Å²) in [5.74, 6) is 0.979. The van der Waals surface area contributed by atoms with Gasteiger partial charge in [-0.3, -0.25) is 4.90 Å². The molecule has 1 saturated heterocycles. The Labute approximate surface area is 114 Å². The smallest absolute Gasteiger partial charge is 0.129 e. The van der Waals surface area contributed by atoms with Crippen molar-refractivity contribution in [2.45, 2.75) is 19.4 Å². The van der Waals surface area contributed by atoms with Crippen LogP contribution in [0.2, 0.25) is 0 Å². The molecule has 0 bridgehead atoms. The lowest BCUT2D eigenvalue weighted by atomic mass is 10.1. The van der Waals surface area contributed by atoms with Crippen LogP contribution in [0, 0.1) is 0 Å². The highest BCUT2D eigenvalue weighted by molar-refractivity contribution is 7.80. The molecule has 98 valence electrons. The molecule has 1 atom stereocenters. The SMILES string of the molecule is CCC1CN(c2cc(C(N)=S)ccn2)CCN1C. The van der Waals surface area contributed by atoms with Crippen molar-refractivity contribution in [1.29, 1.82) is 0 Å². The summed E-state index contributed by atoms with van der Waals surface area (Å²) < 4.78 is 0. The highest BCUT2D eigenvalue weighted by atomic mass is 32.1. The molecule has 0 radical (unpaired) electrons. The molecule has 1 unspecified atom stereocenters. The Hall–Kier alpha value is -1.20. The van der Waals surface area contributed by atoms with E-state index in [9.17, 15) is 0 Å². The van der Waals surface area contributed by atoms with Gasteiger partial charge < -0.3 is 10.6 Å². The topological polar surface area (TPSA) is 45.4 Å². The van der Waals surface area contributed by atoms with Gasteiger partial charge in [0.05, 0.1) is 0 Å². The third kappa shape index (κ3) is 2.79. The molecule has 1 aromatic rings. The molecular weight excluding hydrogens is 244 g/mol. The van der Waals surface area contributed by atoms with Crippen LogP contribution in [0.3, 0.4) is 0 Å². The zero-order valence-electron chi connectivity index (χ0n) is 11.0. The van der Waals surface area contributed by atoms with Gasteiger partial charge in [0.1, 0.15) is 10.8 Å². The Balaban J connectivity index is 2.16. The van der Waals surface area contributed by atoms with E-state index in [4.69, 9.17) is 18.0 Å². The number of piperazine rings is 1. The fraction of sp³-hybridized carbons (Fsp3) is 0.538. The third-order valence-electron chi connectivity index (χ3n) is 3.60. The maximum atomic E-state index is 5.66. The molecule has 1 aliphatic rings. The van der Waals surface area contributed by atoms with Crippen LogP contribution in [0.15, 0.2) is 18.3 Å². The predicted octanol–water partition coefficient (Wildman–Crippen LogP) is 1.25. The number of nitrogens with two attached hydrogens (primary N) is 1. The van der Waals surface area contributed by atoms with E-state index in [1.807, 2.05) is 12.1 Å². The van der Waals surface area contributed by atoms with E-state index < -0.39 is 0 Å². The van der Waals surface area contributed by atoms with Crippen molar-refractivity contribution < 1.29 is 0 Å². The second-order valence-corrected chi connectivity index (χ2v) is 5.20. The van der Waals surface area contributed by atoms with Crippen LogP contribution in [0.5, 0.6) is 0 Å². The quantitative estimate of drug-likeness (QED) is 0.832. The normalized spacial score (nSPS) is 21.0. The molecule has 1 aromatic heterocycles. The number of thiocarbonyl (C=S) groups is 1. The number of anilines is 1. The van der Waals surface area contributed by atoms with Gasteiger partial charge in [-0.2, -0.15) is 0 Å². The van der Waals surface area contributed by atoms with Crippen molar-refractivity contribution in [3.63, 3.8) is 0 Å². The van der Waals surface area contributed by atoms with Crippen LogP contribution in [-0.2, 0) is 0 Å². The van der Waals surface area contributed by atoms with Gasteiger partial charge >= 0.3 is 0 Å². The van der Waals surface area contributed by atoms with E-state index in [2.05, 4.69) is 28.8 Å². The Morgan fingerprint density at radius 3 is 3.00 bits per heavy atom. The largest absolute Gasteiger partial charge is 0.389 e. The van der Waals surface area contributed by atoms with Gasteiger partial charge in [-0.15, -0.1) is 0 Å². The molecule has 2 N–H and O–H groups in total. The minimum atomic E-state index is 0.430. The highest BCUT2D eigenvalue weighted by Gasteiger charge is 2.23. The number of hydrogen-bond acceptors (Lipinski definition) is 4. The molecule has 0 saturated carbocycles. The van der Waals surface area contributed by atoms with E-state index in [0.29, 0.717) is 11.0 Å². The number of aromatic nitrogens is 1. The van der Waals surface area contributed by atoms with Gasteiger partial charge in [-0.1, -0.05) is 19.1 Å². The summed E-state index contributed by atoms with van der Waals surface area (Å²) in [6, 6.07) is 4.44. The monoisotopic (exact) mass is 264 g/mol. The van der Waals surface area contributed by atoms with Crippen molar-refractivity contribution in [1.82, 2.24) is 9.88 Å². The van der Waals surface area contributed by atoms with Crippen LogP contribution in [0.25, 0.3) is 0 Å². The zero-order valence-corrected chi connectivity index (χ0v) is 11.8. The Bertz CT molecular complexity index is 435. The summed E-state index contributed by atoms with van der Waals surface area (Å²) >= 11 is 5.01. The second kappa shape index (κ2) is 5.63. The molecule has 1 aliphatic heterocycles. The van der Waals surface area contributed by atoms with Gasteiger partial charge in [0.2, 0.25) is 0 Å². The first-order valence-corrected chi connectivity index (χ1v) is 6.73. The fourth-order valence-electron chi connectivity index (χ4n) is 2.34. The maximum absolute atomic E-state index is 5.66. The first-order valence-electron chi connectivity index (χ1n) is 6.33. The summed E-state index contributed by atoms with van der Waals surface area (Å²) in [4.78, 5) is 9.59. The molecule has 0 aliphatic carbocycles. The van der Waals surface area contributed by atoms with Gasteiger partial charge in [0.25, 0.3) is 0 Å². The van der Waals surface area contributed by atoms with Crippen LogP contribution in [0.1, 0.15) is 18.9 Å². The average Bonchev–Trinajstić information content (AvgIpc) is 2.39. The van der Waals surface area contributed by atoms with E-state index >= 15 is 0 Å². The minimum absolute atomic E-state index is 0.430. The van der Waals surface area contributed by atoms with E-state index in [1.165, 1.54) is 0 Å². The van der Waals surface area contributed by atoms with Crippen molar-refractivity contribution >= 4 is 23.0 Å². The molecule has 4 nitrogen and oxygen atoms in total. The summed E-state index contributed by atoms with van der Waals surface area (Å²) in [7, 11) is 2.18. The van der Waals surface area contributed by atoms with Crippen LogP contribution < -0.4 is 10.6 Å². The molecule has 2 rings (SSSR count). The van der Waals surface area contributed by atoms with E-state index in [1.54, 1.807) is 6.20 Å². The maximum Gasteiger partial charge on any atom is 0.129 e. The van der Waals surface area contributed by atoms with E-state index in [0.717, 1.165) is 37.4 Å². The van der Waals surface area contributed by atoms with Crippen molar-refractivity contribution in [2.24, 2.45) is 5.73 Å². The van der Waals surface area contributed by atoms with Gasteiger partial charge in [-0.25, -0.2) is 4.98 Å². The average molecular weight is 264 g/mol.